The first kappa shape index (κ1) is 20.6. The van der Waals surface area contributed by atoms with Crippen LogP contribution in [0, 0.1) is 33.3 Å². The smallest absolute Gasteiger partial charge is 0.311 e. The van der Waals surface area contributed by atoms with E-state index in [1.54, 1.807) is 0 Å². The van der Waals surface area contributed by atoms with E-state index in [1.165, 1.54) is 57.8 Å². The van der Waals surface area contributed by atoms with Crippen LogP contribution in [0.1, 0.15) is 55.8 Å². The predicted octanol–water partition coefficient (Wildman–Crippen LogP) is 3.05. The molecular formula is C22H29N3O5. The molecule has 8 nitrogen and oxygen atoms in total. The molecule has 4 bridgehead atoms. The second-order valence-corrected chi connectivity index (χ2v) is 9.40. The monoisotopic (exact) mass is 415 g/mol. The minimum atomic E-state index is -0.602. The Kier molecular flexibility index (Phi) is 5.42. The summed E-state index contributed by atoms with van der Waals surface area (Å²) in [6.07, 6.45) is 7.64. The normalized spacial score (nSPS) is 29.9. The summed E-state index contributed by atoms with van der Waals surface area (Å²) in [5.41, 5.74) is 0.0276. The van der Waals surface area contributed by atoms with E-state index >= 15 is 0 Å². The lowest BCUT2D eigenvalue weighted by atomic mass is 9.48. The third kappa shape index (κ3) is 3.87. The first-order chi connectivity index (χ1) is 14.3. The van der Waals surface area contributed by atoms with Gasteiger partial charge in [0.15, 0.2) is 5.75 Å². The van der Waals surface area contributed by atoms with Crippen LogP contribution in [0.25, 0.3) is 0 Å². The Morgan fingerprint density at radius 1 is 1.20 bits per heavy atom. The Morgan fingerprint density at radius 2 is 1.80 bits per heavy atom. The maximum absolute atomic E-state index is 12.5. The molecule has 0 heterocycles. The number of methoxy groups -OCH3 is 1. The number of nitrogens with zero attached hydrogens (tertiary/aromatic N) is 1. The highest BCUT2D eigenvalue weighted by atomic mass is 16.6. The molecule has 8 heteroatoms. The van der Waals surface area contributed by atoms with Crippen molar-refractivity contribution in [1.82, 2.24) is 10.6 Å². The van der Waals surface area contributed by atoms with Gasteiger partial charge in [-0.3, -0.25) is 19.7 Å². The van der Waals surface area contributed by atoms with E-state index in [4.69, 9.17) is 4.74 Å². The lowest BCUT2D eigenvalue weighted by Gasteiger charge is -2.59. The molecule has 0 spiro atoms. The zero-order valence-corrected chi connectivity index (χ0v) is 17.5. The highest BCUT2D eigenvalue weighted by molar-refractivity contribution is 5.97. The topological polar surface area (TPSA) is 111 Å². The van der Waals surface area contributed by atoms with Gasteiger partial charge in [-0.15, -0.1) is 0 Å². The zero-order valence-electron chi connectivity index (χ0n) is 17.5. The molecule has 5 rings (SSSR count). The second-order valence-electron chi connectivity index (χ2n) is 9.40. The molecule has 30 heavy (non-hydrogen) atoms. The van der Waals surface area contributed by atoms with Crippen molar-refractivity contribution in [3.05, 3.63) is 33.9 Å². The number of ether oxygens (including phenoxy) is 1. The maximum Gasteiger partial charge on any atom is 0.311 e. The molecule has 2 N–H and O–H groups in total. The van der Waals surface area contributed by atoms with Gasteiger partial charge in [-0.25, -0.2) is 0 Å². The molecule has 1 unspecified atom stereocenters. The third-order valence-electron chi connectivity index (χ3n) is 7.43. The molecule has 2 amide bonds. The van der Waals surface area contributed by atoms with Gasteiger partial charge in [0.25, 0.3) is 5.91 Å². The molecule has 162 valence electrons. The standard InChI is InChI=1S/C22H29N3O5/c1-13(22-9-14-5-15(10-22)7-16(6-14)11-22)24-20(26)12-23-21(27)17-3-4-19(30-2)18(8-17)25(28)29/h3-4,8,13-16H,5-7,9-12H2,1-2H3,(H,23,27)(H,24,26). The summed E-state index contributed by atoms with van der Waals surface area (Å²) in [5, 5.41) is 16.8. The molecule has 1 aromatic rings. The average molecular weight is 415 g/mol. The van der Waals surface area contributed by atoms with Crippen molar-refractivity contribution in [2.75, 3.05) is 13.7 Å². The van der Waals surface area contributed by atoms with Crippen molar-refractivity contribution in [3.8, 4) is 5.75 Å². The van der Waals surface area contributed by atoms with E-state index in [2.05, 4.69) is 17.6 Å². The molecule has 1 aromatic carbocycles. The minimum absolute atomic E-state index is 0.0809. The fraction of sp³-hybridized carbons (Fsp3) is 0.636. The number of nitro groups is 1. The van der Waals surface area contributed by atoms with Gasteiger partial charge >= 0.3 is 5.69 Å². The third-order valence-corrected chi connectivity index (χ3v) is 7.43. The van der Waals surface area contributed by atoms with E-state index in [1.807, 2.05) is 0 Å². The number of hydrogen-bond donors (Lipinski definition) is 2. The number of rotatable bonds is 7. The molecule has 0 radical (unpaired) electrons. The number of nitro benzene ring substituents is 1. The number of nitrogens with one attached hydrogen (secondary N) is 2. The van der Waals surface area contributed by atoms with Crippen LogP contribution in [0.15, 0.2) is 18.2 Å². The summed E-state index contributed by atoms with van der Waals surface area (Å²) >= 11 is 0. The van der Waals surface area contributed by atoms with Gasteiger partial charge in [0, 0.05) is 17.7 Å². The summed E-state index contributed by atoms with van der Waals surface area (Å²) in [6.45, 7) is 1.94. The van der Waals surface area contributed by atoms with E-state index in [9.17, 15) is 19.7 Å². The quantitative estimate of drug-likeness (QED) is 0.525. The zero-order chi connectivity index (χ0) is 21.5. The summed E-state index contributed by atoms with van der Waals surface area (Å²) < 4.78 is 4.95. The second kappa shape index (κ2) is 7.89. The Bertz CT molecular complexity index is 833. The molecule has 0 aromatic heterocycles. The van der Waals surface area contributed by atoms with Crippen LogP contribution in [0.2, 0.25) is 0 Å². The van der Waals surface area contributed by atoms with Gasteiger partial charge in [-0.2, -0.15) is 0 Å². The number of hydrogen-bond acceptors (Lipinski definition) is 5. The van der Waals surface area contributed by atoms with Crippen LogP contribution in [0.3, 0.4) is 0 Å². The van der Waals surface area contributed by atoms with Crippen molar-refractivity contribution < 1.29 is 19.2 Å². The minimum Gasteiger partial charge on any atom is -0.490 e. The van der Waals surface area contributed by atoms with Crippen LogP contribution in [0.4, 0.5) is 5.69 Å². The predicted molar refractivity (Wildman–Crippen MR) is 110 cm³/mol. The van der Waals surface area contributed by atoms with Gasteiger partial charge in [-0.1, -0.05) is 0 Å². The highest BCUT2D eigenvalue weighted by Crippen LogP contribution is 2.61. The number of amides is 2. The Labute approximate surface area is 175 Å². The molecule has 4 saturated carbocycles. The molecule has 1 atom stereocenters. The Balaban J connectivity index is 1.33. The number of carbonyl (C=O) groups is 2. The van der Waals surface area contributed by atoms with Crippen LogP contribution in [-0.2, 0) is 4.79 Å². The highest BCUT2D eigenvalue weighted by Gasteiger charge is 2.53. The first-order valence-electron chi connectivity index (χ1n) is 10.7. The van der Waals surface area contributed by atoms with E-state index < -0.39 is 10.8 Å². The van der Waals surface area contributed by atoms with Crippen LogP contribution < -0.4 is 15.4 Å². The fourth-order valence-electron chi connectivity index (χ4n) is 6.39. The van der Waals surface area contributed by atoms with E-state index in [-0.39, 0.29) is 40.9 Å². The summed E-state index contributed by atoms with van der Waals surface area (Å²) in [4.78, 5) is 35.4. The van der Waals surface area contributed by atoms with Gasteiger partial charge in [0.05, 0.1) is 18.6 Å². The lowest BCUT2D eigenvalue weighted by molar-refractivity contribution is -0.385. The van der Waals surface area contributed by atoms with Gasteiger partial charge in [0.1, 0.15) is 0 Å². The molecule has 4 fully saturated rings. The Morgan fingerprint density at radius 3 is 2.33 bits per heavy atom. The van der Waals surface area contributed by atoms with Crippen molar-refractivity contribution in [2.45, 2.75) is 51.5 Å². The molecule has 0 aliphatic heterocycles. The molecular weight excluding hydrogens is 386 g/mol. The van der Waals surface area contributed by atoms with Crippen LogP contribution in [0.5, 0.6) is 5.75 Å². The number of benzene rings is 1. The Hall–Kier alpha value is -2.64. The summed E-state index contributed by atoms with van der Waals surface area (Å²) in [5.74, 6) is 1.75. The lowest BCUT2D eigenvalue weighted by Crippen LogP contribution is -2.56. The van der Waals surface area contributed by atoms with Crippen molar-refractivity contribution in [1.29, 1.82) is 0 Å². The largest absolute Gasteiger partial charge is 0.490 e. The first-order valence-corrected chi connectivity index (χ1v) is 10.7. The van der Waals surface area contributed by atoms with Gasteiger partial charge < -0.3 is 15.4 Å². The average Bonchev–Trinajstić information content (AvgIpc) is 2.70. The van der Waals surface area contributed by atoms with Crippen LogP contribution >= 0.6 is 0 Å². The van der Waals surface area contributed by atoms with Crippen molar-refractivity contribution in [3.63, 3.8) is 0 Å². The molecule has 4 aliphatic carbocycles. The summed E-state index contributed by atoms with van der Waals surface area (Å²) in [7, 11) is 1.33. The number of carbonyl (C=O) groups excluding carboxylic acids is 2. The SMILES string of the molecule is COc1ccc(C(=O)NCC(=O)NC(C)C23CC4CC(CC(C4)C2)C3)cc1[N+](=O)[O-]. The molecule has 4 aliphatic rings. The van der Waals surface area contributed by atoms with Gasteiger partial charge in [-0.05, 0) is 80.8 Å². The van der Waals surface area contributed by atoms with Crippen LogP contribution in [-0.4, -0.2) is 36.4 Å². The molecule has 0 saturated heterocycles. The van der Waals surface area contributed by atoms with E-state index in [0.717, 1.165) is 23.8 Å². The maximum atomic E-state index is 12.5. The van der Waals surface area contributed by atoms with Gasteiger partial charge in [0.2, 0.25) is 5.91 Å². The summed E-state index contributed by atoms with van der Waals surface area (Å²) in [6, 6.07) is 4.06. The van der Waals surface area contributed by atoms with Crippen molar-refractivity contribution >= 4 is 17.5 Å². The van der Waals surface area contributed by atoms with E-state index in [0.29, 0.717) is 0 Å². The fourth-order valence-corrected chi connectivity index (χ4v) is 6.39. The van der Waals surface area contributed by atoms with Crippen molar-refractivity contribution in [2.24, 2.45) is 23.2 Å².